The lowest BCUT2D eigenvalue weighted by molar-refractivity contribution is -0.140. The summed E-state index contributed by atoms with van der Waals surface area (Å²) in [5.74, 6) is 1.14. The summed E-state index contributed by atoms with van der Waals surface area (Å²) in [6, 6.07) is 13.7. The van der Waals surface area contributed by atoms with E-state index in [1.165, 1.54) is 0 Å². The Bertz CT molecular complexity index is 1020. The number of esters is 1. The number of ether oxygens (including phenoxy) is 2. The lowest BCUT2D eigenvalue weighted by atomic mass is 9.96. The van der Waals surface area contributed by atoms with Crippen LogP contribution < -0.4 is 9.47 Å². The van der Waals surface area contributed by atoms with Crippen LogP contribution in [0.4, 0.5) is 0 Å². The number of carbonyl (C=O) groups excluding carboxylic acids is 1. The fourth-order valence-electron chi connectivity index (χ4n) is 3.49. The molecule has 2 heterocycles. The molecule has 2 aromatic rings. The third kappa shape index (κ3) is 3.47. The lowest BCUT2D eigenvalue weighted by Gasteiger charge is -2.32. The largest absolute Gasteiger partial charge is 0.497 e. The van der Waals surface area contributed by atoms with E-state index in [4.69, 9.17) is 9.47 Å². The van der Waals surface area contributed by atoms with Gasteiger partial charge in [0.15, 0.2) is 5.84 Å². The number of amidine groups is 1. The van der Waals surface area contributed by atoms with Crippen LogP contribution in [0.5, 0.6) is 11.5 Å². The van der Waals surface area contributed by atoms with Crippen molar-refractivity contribution in [2.75, 3.05) is 20.2 Å². The third-order valence-electron chi connectivity index (χ3n) is 5.02. The van der Waals surface area contributed by atoms with E-state index >= 15 is 0 Å². The van der Waals surface area contributed by atoms with E-state index in [2.05, 4.69) is 4.40 Å². The average Bonchev–Trinajstić information content (AvgIpc) is 3.00. The van der Waals surface area contributed by atoms with Gasteiger partial charge in [0.05, 0.1) is 13.0 Å². The molecular weight excluding hydrogens is 380 g/mol. The molecule has 0 amide bonds. The molecule has 0 N–H and O–H groups in total. The Hall–Kier alpha value is -2.87. The molecule has 0 atom stereocenters. The highest BCUT2D eigenvalue weighted by Gasteiger charge is 2.34. The number of rotatable bonds is 3. The molecule has 1 saturated heterocycles. The van der Waals surface area contributed by atoms with E-state index in [1.54, 1.807) is 55.6 Å². The van der Waals surface area contributed by atoms with Gasteiger partial charge in [0.25, 0.3) is 10.0 Å². The number of fused-ring (bicyclic) bond motifs is 1. The number of nitrogens with zero attached hydrogens (tertiary/aromatic N) is 2. The van der Waals surface area contributed by atoms with Crippen LogP contribution >= 0.6 is 0 Å². The first-order valence-electron chi connectivity index (χ1n) is 9.03. The molecule has 4 rings (SSSR count). The first-order chi connectivity index (χ1) is 13.5. The van der Waals surface area contributed by atoms with E-state index in [0.717, 1.165) is 0 Å². The average molecular weight is 400 g/mol. The van der Waals surface area contributed by atoms with Crippen LogP contribution in [0.25, 0.3) is 0 Å². The summed E-state index contributed by atoms with van der Waals surface area (Å²) in [4.78, 5) is 14.6. The SMILES string of the molecule is COc1ccc(OC(=O)C2CCN(C3=NS(=O)(=O)c4ccccc43)CC2)cc1. The van der Waals surface area contributed by atoms with Gasteiger partial charge in [-0.15, -0.1) is 4.40 Å². The van der Waals surface area contributed by atoms with Gasteiger partial charge in [0.2, 0.25) is 0 Å². The number of hydrogen-bond acceptors (Lipinski definition) is 6. The number of methoxy groups -OCH3 is 1. The maximum Gasteiger partial charge on any atom is 0.314 e. The van der Waals surface area contributed by atoms with Gasteiger partial charge in [0.1, 0.15) is 16.4 Å². The topological polar surface area (TPSA) is 85.3 Å². The maximum absolute atomic E-state index is 12.5. The summed E-state index contributed by atoms with van der Waals surface area (Å²) in [7, 11) is -2.06. The number of piperidine rings is 1. The molecular formula is C20H20N2O5S. The predicted molar refractivity (Wildman–Crippen MR) is 103 cm³/mol. The summed E-state index contributed by atoms with van der Waals surface area (Å²) in [6.45, 7) is 1.09. The second kappa shape index (κ2) is 7.27. The van der Waals surface area contributed by atoms with Crippen molar-refractivity contribution >= 4 is 21.8 Å². The van der Waals surface area contributed by atoms with E-state index < -0.39 is 10.0 Å². The second-order valence-electron chi connectivity index (χ2n) is 6.74. The fraction of sp³-hybridized carbons (Fsp3) is 0.300. The number of carbonyl (C=O) groups is 1. The minimum absolute atomic E-state index is 0.229. The summed E-state index contributed by atoms with van der Waals surface area (Å²) < 4.78 is 39.0. The zero-order valence-electron chi connectivity index (χ0n) is 15.4. The second-order valence-corrected chi connectivity index (χ2v) is 8.32. The van der Waals surface area contributed by atoms with Crippen LogP contribution in [0.1, 0.15) is 18.4 Å². The summed E-state index contributed by atoms with van der Waals surface area (Å²) >= 11 is 0. The zero-order chi connectivity index (χ0) is 19.7. The maximum atomic E-state index is 12.5. The van der Waals surface area contributed by atoms with Gasteiger partial charge in [-0.25, -0.2) is 0 Å². The molecule has 0 aromatic heterocycles. The van der Waals surface area contributed by atoms with Gasteiger partial charge in [-0.2, -0.15) is 8.42 Å². The first kappa shape index (κ1) is 18.5. The van der Waals surface area contributed by atoms with Crippen LogP contribution in [0.2, 0.25) is 0 Å². The summed E-state index contributed by atoms with van der Waals surface area (Å²) in [6.07, 6.45) is 1.16. The molecule has 0 radical (unpaired) electrons. The Labute approximate surface area is 163 Å². The molecule has 28 heavy (non-hydrogen) atoms. The number of likely N-dealkylation sites (tertiary alicyclic amines) is 1. The molecule has 2 aromatic carbocycles. The minimum Gasteiger partial charge on any atom is -0.497 e. The molecule has 7 nitrogen and oxygen atoms in total. The van der Waals surface area contributed by atoms with Crippen molar-refractivity contribution in [3.8, 4) is 11.5 Å². The van der Waals surface area contributed by atoms with E-state index in [9.17, 15) is 13.2 Å². The molecule has 8 heteroatoms. The van der Waals surface area contributed by atoms with Gasteiger partial charge in [-0.05, 0) is 49.2 Å². The van der Waals surface area contributed by atoms with Gasteiger partial charge in [-0.1, -0.05) is 12.1 Å². The normalized spacial score (nSPS) is 18.3. The van der Waals surface area contributed by atoms with Crippen molar-refractivity contribution in [1.82, 2.24) is 4.90 Å². The number of sulfonamides is 1. The molecule has 2 aliphatic heterocycles. The minimum atomic E-state index is -3.64. The number of benzene rings is 2. The van der Waals surface area contributed by atoms with Crippen molar-refractivity contribution in [2.45, 2.75) is 17.7 Å². The molecule has 0 spiro atoms. The quantitative estimate of drug-likeness (QED) is 0.581. The zero-order valence-corrected chi connectivity index (χ0v) is 16.2. The number of hydrogen-bond donors (Lipinski definition) is 0. The molecule has 0 saturated carbocycles. The highest BCUT2D eigenvalue weighted by atomic mass is 32.2. The van der Waals surface area contributed by atoms with Crippen LogP contribution in [0, 0.1) is 5.92 Å². The van der Waals surface area contributed by atoms with E-state index in [-0.39, 0.29) is 16.8 Å². The van der Waals surface area contributed by atoms with Gasteiger partial charge >= 0.3 is 5.97 Å². The monoisotopic (exact) mass is 400 g/mol. The standard InChI is InChI=1S/C20H20N2O5S/c1-26-15-6-8-16(9-7-15)27-20(23)14-10-12-22(13-11-14)19-17-4-2-3-5-18(17)28(24,25)21-19/h2-9,14H,10-13H2,1H3. The molecule has 1 fully saturated rings. The molecule has 0 unspecified atom stereocenters. The van der Waals surface area contributed by atoms with Crippen molar-refractivity contribution in [3.63, 3.8) is 0 Å². The highest BCUT2D eigenvalue weighted by Crippen LogP contribution is 2.30. The first-order valence-corrected chi connectivity index (χ1v) is 10.5. The Morgan fingerprint density at radius 3 is 2.36 bits per heavy atom. The van der Waals surface area contributed by atoms with Gasteiger partial charge in [-0.3, -0.25) is 4.79 Å². The third-order valence-corrected chi connectivity index (χ3v) is 6.34. The van der Waals surface area contributed by atoms with Crippen molar-refractivity contribution in [1.29, 1.82) is 0 Å². The van der Waals surface area contributed by atoms with Crippen LogP contribution in [-0.2, 0) is 14.8 Å². The predicted octanol–water partition coefficient (Wildman–Crippen LogP) is 2.46. The fourth-order valence-corrected chi connectivity index (χ4v) is 4.71. The van der Waals surface area contributed by atoms with E-state index in [0.29, 0.717) is 48.8 Å². The van der Waals surface area contributed by atoms with Gasteiger partial charge in [0, 0.05) is 18.7 Å². The molecule has 146 valence electrons. The Morgan fingerprint density at radius 1 is 1.04 bits per heavy atom. The summed E-state index contributed by atoms with van der Waals surface area (Å²) in [5.41, 5.74) is 0.627. The van der Waals surface area contributed by atoms with Crippen molar-refractivity contribution < 1.29 is 22.7 Å². The van der Waals surface area contributed by atoms with Crippen molar-refractivity contribution in [2.24, 2.45) is 10.3 Å². The molecule has 2 aliphatic rings. The molecule has 0 bridgehead atoms. The van der Waals surface area contributed by atoms with E-state index in [1.807, 2.05) is 4.90 Å². The van der Waals surface area contributed by atoms with Crippen LogP contribution in [0.3, 0.4) is 0 Å². The Balaban J connectivity index is 1.40. The van der Waals surface area contributed by atoms with Crippen molar-refractivity contribution in [3.05, 3.63) is 54.1 Å². The van der Waals surface area contributed by atoms with Crippen LogP contribution in [-0.4, -0.2) is 45.3 Å². The lowest BCUT2D eigenvalue weighted by Crippen LogP contribution is -2.41. The van der Waals surface area contributed by atoms with Gasteiger partial charge < -0.3 is 14.4 Å². The summed E-state index contributed by atoms with van der Waals surface area (Å²) in [5, 5.41) is 0. The molecule has 0 aliphatic carbocycles. The Kier molecular flexibility index (Phi) is 4.80. The highest BCUT2D eigenvalue weighted by molar-refractivity contribution is 7.90. The Morgan fingerprint density at radius 2 is 1.68 bits per heavy atom. The van der Waals surface area contributed by atoms with Crippen LogP contribution in [0.15, 0.2) is 57.8 Å². The smallest absolute Gasteiger partial charge is 0.314 e.